The van der Waals surface area contributed by atoms with Crippen molar-refractivity contribution in [2.75, 3.05) is 5.32 Å². The number of amides is 1. The molecule has 2 N–H and O–H groups in total. The topological polar surface area (TPSA) is 84.2 Å². The summed E-state index contributed by atoms with van der Waals surface area (Å²) in [5.74, 6) is -3.32. The Morgan fingerprint density at radius 2 is 2.12 bits per heavy atom. The highest BCUT2D eigenvalue weighted by atomic mass is 19.4. The fourth-order valence-electron chi connectivity index (χ4n) is 1.05. The Kier molecular flexibility index (Phi) is 3.39. The number of hydrogen-bond acceptors (Lipinski definition) is 3. The van der Waals surface area contributed by atoms with Crippen molar-refractivity contribution in [2.45, 2.75) is 19.6 Å². The summed E-state index contributed by atoms with van der Waals surface area (Å²) in [5, 5.41) is 13.6. The van der Waals surface area contributed by atoms with Gasteiger partial charge in [-0.2, -0.15) is 18.3 Å². The van der Waals surface area contributed by atoms with Crippen LogP contribution >= 0.6 is 0 Å². The molecule has 17 heavy (non-hydrogen) atoms. The molecule has 1 amide bonds. The zero-order valence-corrected chi connectivity index (χ0v) is 8.58. The third-order valence-corrected chi connectivity index (χ3v) is 1.89. The number of hydrogen-bond donors (Lipinski definition) is 2. The average molecular weight is 251 g/mol. The Hall–Kier alpha value is -2.06. The molecule has 0 aromatic carbocycles. The third kappa shape index (κ3) is 3.20. The Balaban J connectivity index is 2.84. The number of carbonyl (C=O) groups excluding carboxylic acids is 1. The summed E-state index contributed by atoms with van der Waals surface area (Å²) in [5.41, 5.74) is -0.0430. The minimum Gasteiger partial charge on any atom is -0.480 e. The predicted octanol–water partition coefficient (Wildman–Crippen LogP) is 0.777. The van der Waals surface area contributed by atoms with E-state index in [-0.39, 0.29) is 11.4 Å². The number of alkyl halides is 3. The summed E-state index contributed by atoms with van der Waals surface area (Å²) in [6.07, 6.45) is -4.04. The highest BCUT2D eigenvalue weighted by molar-refractivity contribution is 5.95. The molecule has 0 aliphatic rings. The van der Waals surface area contributed by atoms with Gasteiger partial charge in [-0.15, -0.1) is 0 Å². The van der Waals surface area contributed by atoms with Crippen molar-refractivity contribution < 1.29 is 27.9 Å². The third-order valence-electron chi connectivity index (χ3n) is 1.89. The molecular weight excluding hydrogens is 243 g/mol. The number of carboxylic acids is 1. The number of anilines is 1. The van der Waals surface area contributed by atoms with Gasteiger partial charge in [0.25, 0.3) is 0 Å². The maximum Gasteiger partial charge on any atom is 0.471 e. The highest BCUT2D eigenvalue weighted by Crippen LogP contribution is 2.20. The van der Waals surface area contributed by atoms with Gasteiger partial charge in [-0.1, -0.05) is 0 Å². The minimum absolute atomic E-state index is 0.130. The summed E-state index contributed by atoms with van der Waals surface area (Å²) >= 11 is 0. The number of halogens is 3. The van der Waals surface area contributed by atoms with Gasteiger partial charge in [-0.3, -0.25) is 14.3 Å². The van der Waals surface area contributed by atoms with Crippen LogP contribution in [0, 0.1) is 6.92 Å². The first-order chi connectivity index (χ1) is 7.71. The molecule has 0 bridgehead atoms. The maximum atomic E-state index is 12.0. The second-order valence-electron chi connectivity index (χ2n) is 3.15. The van der Waals surface area contributed by atoms with E-state index in [1.165, 1.54) is 6.92 Å². The van der Waals surface area contributed by atoms with E-state index in [9.17, 15) is 22.8 Å². The molecule has 6 nitrogen and oxygen atoms in total. The first kappa shape index (κ1) is 13.0. The van der Waals surface area contributed by atoms with E-state index in [1.54, 1.807) is 5.32 Å². The molecular formula is C8H8F3N3O3. The first-order valence-corrected chi connectivity index (χ1v) is 4.34. The van der Waals surface area contributed by atoms with Crippen LogP contribution in [0.1, 0.15) is 5.69 Å². The lowest BCUT2D eigenvalue weighted by Crippen LogP contribution is -2.30. The van der Waals surface area contributed by atoms with Gasteiger partial charge in [-0.25, -0.2) is 0 Å². The lowest BCUT2D eigenvalue weighted by atomic mass is 10.4. The van der Waals surface area contributed by atoms with Gasteiger partial charge in [0.05, 0.1) is 17.6 Å². The van der Waals surface area contributed by atoms with Gasteiger partial charge in [0.1, 0.15) is 6.54 Å². The Morgan fingerprint density at radius 3 is 2.59 bits per heavy atom. The predicted molar refractivity (Wildman–Crippen MR) is 49.3 cm³/mol. The molecule has 1 aromatic heterocycles. The van der Waals surface area contributed by atoms with Crippen LogP contribution in [0.5, 0.6) is 0 Å². The van der Waals surface area contributed by atoms with Crippen LogP contribution in [0.2, 0.25) is 0 Å². The Labute approximate surface area is 93.0 Å². The summed E-state index contributed by atoms with van der Waals surface area (Å²) in [4.78, 5) is 21.0. The molecule has 94 valence electrons. The standard InChI is InChI=1S/C8H8F3N3O3/c1-4-5(13-7(17)8(9,10)11)2-12-14(4)3-6(15)16/h2H,3H2,1H3,(H,13,17)(H,15,16). The van der Waals surface area contributed by atoms with E-state index >= 15 is 0 Å². The molecule has 1 rings (SSSR count). The monoisotopic (exact) mass is 251 g/mol. The molecule has 0 aliphatic heterocycles. The van der Waals surface area contributed by atoms with Gasteiger partial charge in [-0.05, 0) is 6.92 Å². The average Bonchev–Trinajstić information content (AvgIpc) is 2.47. The zero-order chi connectivity index (χ0) is 13.2. The van der Waals surface area contributed by atoms with E-state index < -0.39 is 24.6 Å². The van der Waals surface area contributed by atoms with Crippen molar-refractivity contribution in [2.24, 2.45) is 0 Å². The van der Waals surface area contributed by atoms with Gasteiger partial charge in [0.15, 0.2) is 0 Å². The van der Waals surface area contributed by atoms with E-state index in [2.05, 4.69) is 5.10 Å². The molecule has 0 unspecified atom stereocenters. The van der Waals surface area contributed by atoms with Crippen LogP contribution in [0.25, 0.3) is 0 Å². The van der Waals surface area contributed by atoms with Crippen LogP contribution in [0.4, 0.5) is 18.9 Å². The van der Waals surface area contributed by atoms with Crippen molar-refractivity contribution in [1.82, 2.24) is 9.78 Å². The van der Waals surface area contributed by atoms with Crippen molar-refractivity contribution >= 4 is 17.6 Å². The van der Waals surface area contributed by atoms with E-state index in [0.29, 0.717) is 0 Å². The fourth-order valence-corrected chi connectivity index (χ4v) is 1.05. The molecule has 0 radical (unpaired) electrons. The Morgan fingerprint density at radius 1 is 1.53 bits per heavy atom. The lowest BCUT2D eigenvalue weighted by molar-refractivity contribution is -0.167. The van der Waals surface area contributed by atoms with Crippen molar-refractivity contribution in [3.63, 3.8) is 0 Å². The molecule has 9 heteroatoms. The largest absolute Gasteiger partial charge is 0.480 e. The summed E-state index contributed by atoms with van der Waals surface area (Å²) in [6.45, 7) is 0.857. The number of carboxylic acid groups (broad SMARTS) is 1. The van der Waals surface area contributed by atoms with Gasteiger partial charge >= 0.3 is 18.1 Å². The number of carbonyl (C=O) groups is 2. The van der Waals surface area contributed by atoms with Gasteiger partial charge < -0.3 is 10.4 Å². The summed E-state index contributed by atoms with van der Waals surface area (Å²) < 4.78 is 36.8. The zero-order valence-electron chi connectivity index (χ0n) is 8.58. The number of aliphatic carboxylic acids is 1. The molecule has 0 spiro atoms. The van der Waals surface area contributed by atoms with E-state index in [0.717, 1.165) is 10.9 Å². The number of rotatable bonds is 3. The molecule has 0 saturated heterocycles. The van der Waals surface area contributed by atoms with Crippen LogP contribution in [-0.2, 0) is 16.1 Å². The van der Waals surface area contributed by atoms with Crippen LogP contribution in [0.15, 0.2) is 6.20 Å². The molecule has 0 aliphatic carbocycles. The van der Waals surface area contributed by atoms with Gasteiger partial charge in [0.2, 0.25) is 0 Å². The molecule has 0 saturated carbocycles. The number of nitrogens with zero attached hydrogens (tertiary/aromatic N) is 2. The molecule has 0 atom stereocenters. The van der Waals surface area contributed by atoms with E-state index in [1.807, 2.05) is 0 Å². The first-order valence-electron chi connectivity index (χ1n) is 4.34. The van der Waals surface area contributed by atoms with Crippen LogP contribution < -0.4 is 5.32 Å². The quantitative estimate of drug-likeness (QED) is 0.831. The smallest absolute Gasteiger partial charge is 0.471 e. The van der Waals surface area contributed by atoms with Gasteiger partial charge in [0, 0.05) is 0 Å². The van der Waals surface area contributed by atoms with E-state index in [4.69, 9.17) is 5.11 Å². The van der Waals surface area contributed by atoms with Crippen LogP contribution in [0.3, 0.4) is 0 Å². The lowest BCUT2D eigenvalue weighted by Gasteiger charge is -2.07. The molecule has 0 fully saturated rings. The second kappa shape index (κ2) is 4.44. The highest BCUT2D eigenvalue weighted by Gasteiger charge is 2.39. The Bertz CT molecular complexity index is 453. The SMILES string of the molecule is Cc1c(NC(=O)C(F)(F)F)cnn1CC(=O)O. The second-order valence-corrected chi connectivity index (χ2v) is 3.15. The molecule has 1 aromatic rings. The molecule has 1 heterocycles. The van der Waals surface area contributed by atoms with Crippen molar-refractivity contribution in [3.05, 3.63) is 11.9 Å². The number of nitrogens with one attached hydrogen (secondary N) is 1. The number of aromatic nitrogens is 2. The van der Waals surface area contributed by atoms with Crippen LogP contribution in [-0.4, -0.2) is 32.9 Å². The fraction of sp³-hybridized carbons (Fsp3) is 0.375. The summed E-state index contributed by atoms with van der Waals surface area (Å²) in [6, 6.07) is 0. The van der Waals surface area contributed by atoms with Crippen molar-refractivity contribution in [1.29, 1.82) is 0 Å². The normalized spacial score (nSPS) is 11.3. The minimum atomic E-state index is -5.00. The maximum absolute atomic E-state index is 12.0. The summed E-state index contributed by atoms with van der Waals surface area (Å²) in [7, 11) is 0. The van der Waals surface area contributed by atoms with Crippen molar-refractivity contribution in [3.8, 4) is 0 Å².